The Hall–Kier alpha value is -0.456. The molecule has 0 radical (unpaired) electrons. The Labute approximate surface area is 256 Å². The zero-order valence-corrected chi connectivity index (χ0v) is 29.1. The Bertz CT molecular complexity index is 1110. The van der Waals surface area contributed by atoms with E-state index in [-0.39, 0.29) is 31.0 Å². The van der Waals surface area contributed by atoms with Crippen LogP contribution in [0.2, 0.25) is 39.3 Å². The fraction of sp³-hybridized carbons (Fsp3) is 0.259. The van der Waals surface area contributed by atoms with Gasteiger partial charge in [-0.3, -0.25) is 0 Å². The van der Waals surface area contributed by atoms with E-state index >= 15 is 0 Å². The summed E-state index contributed by atoms with van der Waals surface area (Å²) in [5, 5.41) is 0. The summed E-state index contributed by atoms with van der Waals surface area (Å²) in [4.78, 5) is 0. The van der Waals surface area contributed by atoms with E-state index < -0.39 is 28.2 Å². The predicted octanol–water partition coefficient (Wildman–Crippen LogP) is 7.18. The van der Waals surface area contributed by atoms with Crippen LogP contribution in [0.15, 0.2) is 81.7 Å². The van der Waals surface area contributed by atoms with Crippen molar-refractivity contribution in [1.82, 2.24) is 4.65 Å². The number of hydrogen-bond acceptors (Lipinski definition) is 1. The summed E-state index contributed by atoms with van der Waals surface area (Å²) in [5.41, 5.74) is 2.82. The van der Waals surface area contributed by atoms with Crippen molar-refractivity contribution < 1.29 is 44.2 Å². The number of nitrogens with one attached hydrogen (secondary N) is 1. The van der Waals surface area contributed by atoms with Gasteiger partial charge in [0.15, 0.2) is 0 Å². The van der Waals surface area contributed by atoms with Gasteiger partial charge in [-0.25, -0.2) is 0 Å². The van der Waals surface area contributed by atoms with Crippen LogP contribution in [0.5, 0.6) is 0 Å². The molecule has 3 aromatic rings. The first-order chi connectivity index (χ1) is 16.0. The van der Waals surface area contributed by atoms with Gasteiger partial charge in [-0.1, -0.05) is 108 Å². The molecule has 0 bridgehead atoms. The summed E-state index contributed by atoms with van der Waals surface area (Å²) in [6, 6.07) is 20.7. The summed E-state index contributed by atoms with van der Waals surface area (Å²) in [6.45, 7) is 14.1. The number of hydrogen-bond donors (Lipinski definition) is 1. The van der Waals surface area contributed by atoms with Crippen LogP contribution in [-0.2, 0) is 6.18 Å². The third-order valence-corrected chi connectivity index (χ3v) is 11.7. The molecule has 0 aliphatic carbocycles. The molecule has 0 aromatic heterocycles. The monoisotopic (exact) mass is 665 g/mol. The minimum absolute atomic E-state index is 0. The van der Waals surface area contributed by atoms with Crippen molar-refractivity contribution in [3.63, 3.8) is 0 Å². The molecule has 3 rings (SSSR count). The van der Waals surface area contributed by atoms with Gasteiger partial charge in [-0.2, -0.15) is 13.2 Å². The third-order valence-electron chi connectivity index (χ3n) is 4.61. The topological polar surface area (TPSA) is 12.0 Å². The van der Waals surface area contributed by atoms with Gasteiger partial charge in [0.25, 0.3) is 0 Å². The molecular formula is C27H33Br2F3NNaSi2. The van der Waals surface area contributed by atoms with Gasteiger partial charge in [0, 0.05) is 8.95 Å². The van der Waals surface area contributed by atoms with E-state index in [0.717, 1.165) is 43.3 Å². The first-order valence-electron chi connectivity index (χ1n) is 11.2. The SMILES string of the molecule is C[Si](C)(C)N[Si](C)(C)C.FC(F)(F)c1ccc(/C(=C/c2ccc(Br)cc2)c2ccc(Br)cc2)cc1.[H-].[Na+]. The van der Waals surface area contributed by atoms with E-state index in [9.17, 15) is 13.2 Å². The van der Waals surface area contributed by atoms with E-state index in [1.54, 1.807) is 0 Å². The van der Waals surface area contributed by atoms with Crippen molar-refractivity contribution >= 4 is 60.0 Å². The van der Waals surface area contributed by atoms with Crippen LogP contribution in [-0.4, -0.2) is 16.5 Å². The average molecular weight is 668 g/mol. The van der Waals surface area contributed by atoms with Gasteiger partial charge in [-0.05, 0) is 64.7 Å². The molecule has 36 heavy (non-hydrogen) atoms. The van der Waals surface area contributed by atoms with Gasteiger partial charge in [-0.15, -0.1) is 0 Å². The second-order valence-electron chi connectivity index (χ2n) is 10.3. The number of rotatable bonds is 5. The van der Waals surface area contributed by atoms with Crippen LogP contribution in [0.1, 0.15) is 23.7 Å². The van der Waals surface area contributed by atoms with Gasteiger partial charge in [0.1, 0.15) is 16.5 Å². The maximum atomic E-state index is 12.8. The van der Waals surface area contributed by atoms with Crippen molar-refractivity contribution in [3.8, 4) is 0 Å². The smallest absolute Gasteiger partial charge is 1.00 e. The Kier molecular flexibility index (Phi) is 13.1. The van der Waals surface area contributed by atoms with Gasteiger partial charge >= 0.3 is 35.7 Å². The Morgan fingerprint density at radius 3 is 1.39 bits per heavy atom. The molecule has 1 N–H and O–H groups in total. The summed E-state index contributed by atoms with van der Waals surface area (Å²) in [5.74, 6) is 0. The third kappa shape index (κ3) is 12.4. The normalized spacial score (nSPS) is 12.4. The van der Waals surface area contributed by atoms with Gasteiger partial charge in [0.05, 0.1) is 5.56 Å². The molecule has 0 saturated carbocycles. The van der Waals surface area contributed by atoms with Crippen LogP contribution in [0.4, 0.5) is 13.2 Å². The Morgan fingerprint density at radius 1 is 0.694 bits per heavy atom. The van der Waals surface area contributed by atoms with Gasteiger partial charge < -0.3 is 6.07 Å². The molecule has 0 atom stereocenters. The fourth-order valence-corrected chi connectivity index (χ4v) is 13.2. The first-order valence-corrected chi connectivity index (χ1v) is 19.8. The molecular weight excluding hydrogens is 634 g/mol. The average Bonchev–Trinajstić information content (AvgIpc) is 2.71. The molecule has 9 heteroatoms. The zero-order valence-electron chi connectivity index (χ0n) is 22.9. The standard InChI is InChI=1S/C21H13Br2F3.C6H19NSi2.Na.H/c22-18-9-1-14(2-10-18)13-20(16-5-11-19(23)12-6-16)15-3-7-17(8-4-15)21(24,25)26;1-8(2,3)7-9(4,5)6;;/h1-13H;7H,1-6H3;;/q;;+1;-1/b20-13-;;;. The molecule has 1 nitrogen and oxygen atoms in total. The molecule has 3 aromatic carbocycles. The summed E-state index contributed by atoms with van der Waals surface area (Å²) < 4.78 is 44.2. The molecule has 0 aliphatic rings. The summed E-state index contributed by atoms with van der Waals surface area (Å²) >= 11 is 6.81. The largest absolute Gasteiger partial charge is 1.00 e. The molecule has 0 spiro atoms. The van der Waals surface area contributed by atoms with Crippen molar-refractivity contribution in [1.29, 1.82) is 0 Å². The van der Waals surface area contributed by atoms with Crippen LogP contribution in [0.25, 0.3) is 11.6 Å². The van der Waals surface area contributed by atoms with E-state index in [2.05, 4.69) is 75.8 Å². The maximum absolute atomic E-state index is 12.8. The predicted molar refractivity (Wildman–Crippen MR) is 158 cm³/mol. The van der Waals surface area contributed by atoms with Crippen LogP contribution >= 0.6 is 31.9 Å². The molecule has 0 aliphatic heterocycles. The van der Waals surface area contributed by atoms with Crippen molar-refractivity contribution in [2.75, 3.05) is 0 Å². The second-order valence-corrected chi connectivity index (χ2v) is 22.1. The van der Waals surface area contributed by atoms with E-state index in [4.69, 9.17) is 0 Å². The molecule has 0 heterocycles. The Balaban J connectivity index is 0.00000102. The quantitative estimate of drug-likeness (QED) is 0.225. The fourth-order valence-electron chi connectivity index (χ4n) is 3.65. The van der Waals surface area contributed by atoms with E-state index in [1.165, 1.54) is 12.1 Å². The van der Waals surface area contributed by atoms with Crippen molar-refractivity contribution in [2.45, 2.75) is 45.5 Å². The number of halogens is 5. The summed E-state index contributed by atoms with van der Waals surface area (Å²) in [6.07, 6.45) is -2.37. The summed E-state index contributed by atoms with van der Waals surface area (Å²) in [7, 11) is -1.96. The second kappa shape index (κ2) is 14.1. The maximum Gasteiger partial charge on any atom is 1.00 e. The van der Waals surface area contributed by atoms with Crippen LogP contribution in [0, 0.1) is 0 Å². The molecule has 0 saturated heterocycles. The molecule has 0 amide bonds. The van der Waals surface area contributed by atoms with E-state index in [0.29, 0.717) is 0 Å². The number of alkyl halides is 3. The zero-order chi connectivity index (χ0) is 26.4. The van der Waals surface area contributed by atoms with Gasteiger partial charge in [0.2, 0.25) is 0 Å². The Morgan fingerprint density at radius 2 is 1.06 bits per heavy atom. The molecule has 190 valence electrons. The van der Waals surface area contributed by atoms with Crippen molar-refractivity contribution in [2.24, 2.45) is 0 Å². The van der Waals surface area contributed by atoms with Crippen molar-refractivity contribution in [3.05, 3.63) is 104 Å². The van der Waals surface area contributed by atoms with E-state index in [1.807, 2.05) is 54.6 Å². The number of benzene rings is 3. The van der Waals surface area contributed by atoms with Crippen LogP contribution in [0.3, 0.4) is 0 Å². The minimum Gasteiger partial charge on any atom is -1.00 e. The minimum atomic E-state index is -4.34. The van der Waals surface area contributed by atoms with Crippen LogP contribution < -0.4 is 34.2 Å². The molecule has 0 unspecified atom stereocenters. The molecule has 0 fully saturated rings. The first kappa shape index (κ1) is 33.6.